The van der Waals surface area contributed by atoms with E-state index in [0.717, 1.165) is 12.4 Å². The molecule has 2 aliphatic carbocycles. The first-order valence-corrected chi connectivity index (χ1v) is 8.20. The van der Waals surface area contributed by atoms with Crippen molar-refractivity contribution in [3.63, 3.8) is 0 Å². The quantitative estimate of drug-likeness (QED) is 0.571. The van der Waals surface area contributed by atoms with Gasteiger partial charge in [-0.1, -0.05) is 44.9 Å². The topological polar surface area (TPSA) is 9.23 Å². The summed E-state index contributed by atoms with van der Waals surface area (Å²) in [5.74, 6) is 1.01. The third-order valence-electron chi connectivity index (χ3n) is 4.68. The molecule has 0 radical (unpaired) electrons. The van der Waals surface area contributed by atoms with Gasteiger partial charge >= 0.3 is 0 Å². The van der Waals surface area contributed by atoms with E-state index in [1.807, 2.05) is 0 Å². The van der Waals surface area contributed by atoms with E-state index < -0.39 is 0 Å². The Bertz CT molecular complexity index is 203. The highest BCUT2D eigenvalue weighted by Gasteiger charge is 2.31. The number of rotatable bonds is 4. The van der Waals surface area contributed by atoms with Crippen molar-refractivity contribution in [3.05, 3.63) is 0 Å². The number of thiol groups is 1. The van der Waals surface area contributed by atoms with E-state index >= 15 is 0 Å². The van der Waals surface area contributed by atoms with Crippen molar-refractivity contribution in [3.8, 4) is 0 Å². The number of hydrogen-bond acceptors (Lipinski definition) is 2. The summed E-state index contributed by atoms with van der Waals surface area (Å²) < 4.78 is 6.22. The average Bonchev–Trinajstić information content (AvgIpc) is 2.64. The summed E-state index contributed by atoms with van der Waals surface area (Å²) in [6.45, 7) is 0.973. The van der Waals surface area contributed by atoms with E-state index in [2.05, 4.69) is 12.6 Å². The first kappa shape index (κ1) is 13.7. The summed E-state index contributed by atoms with van der Waals surface area (Å²) in [5, 5.41) is 0. The summed E-state index contributed by atoms with van der Waals surface area (Å²) >= 11 is 4.62. The van der Waals surface area contributed by atoms with Crippen LogP contribution < -0.4 is 0 Å². The van der Waals surface area contributed by atoms with Crippen molar-refractivity contribution in [1.82, 2.24) is 0 Å². The van der Waals surface area contributed by atoms with Crippen molar-refractivity contribution < 1.29 is 4.74 Å². The van der Waals surface area contributed by atoms with Crippen LogP contribution in [-0.4, -0.2) is 18.5 Å². The van der Waals surface area contributed by atoms with Crippen LogP contribution in [0.15, 0.2) is 0 Å². The first-order valence-electron chi connectivity index (χ1n) is 7.57. The first-order chi connectivity index (χ1) is 8.35. The molecule has 0 N–H and O–H groups in total. The highest BCUT2D eigenvalue weighted by molar-refractivity contribution is 7.80. The Morgan fingerprint density at radius 1 is 0.882 bits per heavy atom. The maximum Gasteiger partial charge on any atom is 0.0575 e. The summed E-state index contributed by atoms with van der Waals surface area (Å²) in [6.07, 6.45) is 15.6. The Morgan fingerprint density at radius 2 is 1.47 bits per heavy atom. The van der Waals surface area contributed by atoms with Gasteiger partial charge in [0.25, 0.3) is 0 Å². The van der Waals surface area contributed by atoms with E-state index in [9.17, 15) is 0 Å². The lowest BCUT2D eigenvalue weighted by atomic mass is 9.83. The van der Waals surface area contributed by atoms with Crippen LogP contribution in [0.25, 0.3) is 0 Å². The molecule has 0 aromatic heterocycles. The Morgan fingerprint density at radius 3 is 2.06 bits per heavy atom. The van der Waals surface area contributed by atoms with Crippen LogP contribution in [0.3, 0.4) is 0 Å². The zero-order valence-electron chi connectivity index (χ0n) is 11.1. The van der Waals surface area contributed by atoms with Gasteiger partial charge in [-0.05, 0) is 31.4 Å². The van der Waals surface area contributed by atoms with E-state index in [1.54, 1.807) is 0 Å². The predicted molar refractivity (Wildman–Crippen MR) is 76.8 cm³/mol. The fraction of sp³-hybridized carbons (Fsp3) is 1.00. The second kappa shape index (κ2) is 7.04. The molecule has 2 heteroatoms. The van der Waals surface area contributed by atoms with E-state index in [1.165, 1.54) is 70.6 Å². The minimum absolute atomic E-state index is 0.400. The summed E-state index contributed by atoms with van der Waals surface area (Å²) in [5.41, 5.74) is 0.400. The third kappa shape index (κ3) is 4.17. The van der Waals surface area contributed by atoms with E-state index in [4.69, 9.17) is 4.74 Å². The minimum Gasteiger partial charge on any atom is -0.378 e. The molecule has 1 nitrogen and oxygen atoms in total. The van der Waals surface area contributed by atoms with Gasteiger partial charge < -0.3 is 4.74 Å². The minimum atomic E-state index is 0.400. The van der Waals surface area contributed by atoms with Gasteiger partial charge in [-0.15, -0.1) is 0 Å². The zero-order valence-corrected chi connectivity index (χ0v) is 12.0. The largest absolute Gasteiger partial charge is 0.378 e. The third-order valence-corrected chi connectivity index (χ3v) is 5.35. The van der Waals surface area contributed by atoms with Crippen LogP contribution in [0.1, 0.15) is 70.6 Å². The van der Waals surface area contributed by atoms with Gasteiger partial charge in [0, 0.05) is 5.41 Å². The maximum absolute atomic E-state index is 6.22. The second-order valence-corrected chi connectivity index (χ2v) is 6.46. The molecule has 100 valence electrons. The lowest BCUT2D eigenvalue weighted by Crippen LogP contribution is -2.31. The molecule has 2 rings (SSSR count). The van der Waals surface area contributed by atoms with Gasteiger partial charge in [0.15, 0.2) is 0 Å². The number of ether oxygens (including phenoxy) is 1. The van der Waals surface area contributed by atoms with E-state index in [-0.39, 0.29) is 0 Å². The molecule has 0 spiro atoms. The molecule has 0 atom stereocenters. The summed E-state index contributed by atoms with van der Waals surface area (Å²) in [4.78, 5) is 0. The molecule has 0 aromatic carbocycles. The van der Waals surface area contributed by atoms with Crippen molar-refractivity contribution in [2.75, 3.05) is 12.4 Å². The van der Waals surface area contributed by atoms with Crippen LogP contribution in [-0.2, 0) is 4.74 Å². The monoisotopic (exact) mass is 256 g/mol. The molecule has 2 saturated carbocycles. The second-order valence-electron chi connectivity index (χ2n) is 6.14. The van der Waals surface area contributed by atoms with E-state index in [0.29, 0.717) is 11.5 Å². The molecule has 0 amide bonds. The molecule has 17 heavy (non-hydrogen) atoms. The fourth-order valence-corrected chi connectivity index (χ4v) is 3.76. The lowest BCUT2D eigenvalue weighted by Gasteiger charge is -2.33. The normalized spacial score (nSPS) is 26.6. The van der Waals surface area contributed by atoms with Crippen molar-refractivity contribution >= 4 is 12.6 Å². The molecular weight excluding hydrogens is 228 g/mol. The summed E-state index contributed by atoms with van der Waals surface area (Å²) in [6, 6.07) is 0. The lowest BCUT2D eigenvalue weighted by molar-refractivity contribution is -0.0231. The smallest absolute Gasteiger partial charge is 0.0575 e. The van der Waals surface area contributed by atoms with Crippen molar-refractivity contribution in [2.24, 2.45) is 5.41 Å². The van der Waals surface area contributed by atoms with Gasteiger partial charge in [-0.3, -0.25) is 0 Å². The van der Waals surface area contributed by atoms with Crippen molar-refractivity contribution in [1.29, 1.82) is 0 Å². The van der Waals surface area contributed by atoms with Gasteiger partial charge in [0.1, 0.15) is 0 Å². The Balaban J connectivity index is 1.80. The maximum atomic E-state index is 6.22. The van der Waals surface area contributed by atoms with Gasteiger partial charge in [-0.2, -0.15) is 12.6 Å². The molecule has 2 fully saturated rings. The average molecular weight is 256 g/mol. The van der Waals surface area contributed by atoms with Gasteiger partial charge in [0.05, 0.1) is 12.7 Å². The molecule has 0 aliphatic heterocycles. The Hall–Kier alpha value is 0.310. The van der Waals surface area contributed by atoms with Crippen molar-refractivity contribution in [2.45, 2.75) is 76.7 Å². The predicted octanol–water partition coefficient (Wildman–Crippen LogP) is 4.61. The summed E-state index contributed by atoms with van der Waals surface area (Å²) in [7, 11) is 0. The van der Waals surface area contributed by atoms with Crippen LogP contribution in [0.5, 0.6) is 0 Å². The Labute approximate surface area is 112 Å². The number of hydrogen-bond donors (Lipinski definition) is 1. The molecule has 2 aliphatic rings. The molecule has 0 aromatic rings. The van der Waals surface area contributed by atoms with Crippen LogP contribution in [0.2, 0.25) is 0 Å². The molecular formula is C15H28OS. The van der Waals surface area contributed by atoms with Crippen LogP contribution in [0, 0.1) is 5.41 Å². The van der Waals surface area contributed by atoms with Gasteiger partial charge in [-0.25, -0.2) is 0 Å². The molecule has 0 bridgehead atoms. The Kier molecular flexibility index (Phi) is 5.68. The van der Waals surface area contributed by atoms with Crippen LogP contribution >= 0.6 is 12.6 Å². The fourth-order valence-electron chi connectivity index (χ4n) is 3.35. The molecule has 0 saturated heterocycles. The van der Waals surface area contributed by atoms with Gasteiger partial charge in [0.2, 0.25) is 0 Å². The van der Waals surface area contributed by atoms with Crippen LogP contribution in [0.4, 0.5) is 0 Å². The SMILES string of the molecule is SCC1(COC2CCCCC2)CCCCCC1. The highest BCUT2D eigenvalue weighted by atomic mass is 32.1. The molecule has 0 heterocycles. The standard InChI is InChI=1S/C15H28OS/c17-13-15(10-6-1-2-7-11-15)12-16-14-8-4-3-5-9-14/h14,17H,1-13H2. The molecule has 0 unspecified atom stereocenters. The highest BCUT2D eigenvalue weighted by Crippen LogP contribution is 2.37. The zero-order chi connectivity index (χ0) is 12.0.